The van der Waals surface area contributed by atoms with Gasteiger partial charge in [-0.05, 0) is 51.0 Å². The molecule has 3 fully saturated rings. The molecule has 2 bridgehead atoms. The van der Waals surface area contributed by atoms with Crippen LogP contribution in [0, 0.1) is 5.92 Å². The summed E-state index contributed by atoms with van der Waals surface area (Å²) in [6, 6.07) is 12.8. The van der Waals surface area contributed by atoms with Crippen molar-refractivity contribution in [3.05, 3.63) is 35.9 Å². The molecule has 0 aliphatic carbocycles. The number of nitrogens with zero attached hydrogens (tertiary/aromatic N) is 2. The standard InChI is InChI=1S/C25H40N4O2.HI/c1-2-26-25(27-12-6-13-30-18-21-11-14-31-19-21)28-22-15-23-9-10-24(16-22)29(23)17-20-7-4-3-5-8-20;/h3-5,7-8,21-24H,2,6,9-19H2,1H3,(H2,26,27,28);1H. The summed E-state index contributed by atoms with van der Waals surface area (Å²) in [7, 11) is 0. The summed E-state index contributed by atoms with van der Waals surface area (Å²) in [6.45, 7) is 8.27. The molecule has 0 aromatic heterocycles. The number of piperidine rings is 1. The smallest absolute Gasteiger partial charge is 0.191 e. The van der Waals surface area contributed by atoms with E-state index in [0.717, 1.165) is 64.9 Å². The molecular formula is C25H41IN4O2. The van der Waals surface area contributed by atoms with Crippen molar-refractivity contribution in [2.45, 2.75) is 70.1 Å². The zero-order valence-corrected chi connectivity index (χ0v) is 21.8. The molecule has 180 valence electrons. The molecule has 32 heavy (non-hydrogen) atoms. The van der Waals surface area contributed by atoms with Crippen LogP contribution >= 0.6 is 24.0 Å². The quantitative estimate of drug-likeness (QED) is 0.199. The van der Waals surface area contributed by atoms with E-state index in [0.29, 0.717) is 24.0 Å². The molecule has 7 heteroatoms. The fourth-order valence-electron chi connectivity index (χ4n) is 5.28. The second kappa shape index (κ2) is 13.7. The van der Waals surface area contributed by atoms with Gasteiger partial charge in [0.1, 0.15) is 0 Å². The average Bonchev–Trinajstić information content (AvgIpc) is 3.37. The number of fused-ring (bicyclic) bond motifs is 2. The third-order valence-corrected chi connectivity index (χ3v) is 6.87. The number of nitrogens with one attached hydrogen (secondary N) is 2. The molecule has 3 unspecified atom stereocenters. The minimum absolute atomic E-state index is 0. The third kappa shape index (κ3) is 7.57. The van der Waals surface area contributed by atoms with E-state index in [1.165, 1.54) is 31.2 Å². The Bertz CT molecular complexity index is 670. The summed E-state index contributed by atoms with van der Waals surface area (Å²) >= 11 is 0. The zero-order valence-electron chi connectivity index (χ0n) is 19.5. The first-order chi connectivity index (χ1) is 15.3. The van der Waals surface area contributed by atoms with E-state index < -0.39 is 0 Å². The van der Waals surface area contributed by atoms with Crippen LogP contribution < -0.4 is 10.6 Å². The van der Waals surface area contributed by atoms with Crippen LogP contribution in [0.1, 0.15) is 51.0 Å². The first-order valence-corrected chi connectivity index (χ1v) is 12.3. The maximum absolute atomic E-state index is 5.81. The van der Waals surface area contributed by atoms with Crippen molar-refractivity contribution in [2.24, 2.45) is 10.9 Å². The predicted octanol–water partition coefficient (Wildman–Crippen LogP) is 3.80. The van der Waals surface area contributed by atoms with Crippen LogP contribution in [0.3, 0.4) is 0 Å². The largest absolute Gasteiger partial charge is 0.381 e. The summed E-state index contributed by atoms with van der Waals surface area (Å²) in [6.07, 6.45) is 7.17. The number of benzene rings is 1. The average molecular weight is 557 g/mol. The van der Waals surface area contributed by atoms with Crippen molar-refractivity contribution in [3.8, 4) is 0 Å². The van der Waals surface area contributed by atoms with E-state index in [-0.39, 0.29) is 24.0 Å². The zero-order chi connectivity index (χ0) is 21.3. The van der Waals surface area contributed by atoms with Gasteiger partial charge in [0.2, 0.25) is 0 Å². The number of ether oxygens (including phenoxy) is 2. The van der Waals surface area contributed by atoms with Crippen LogP contribution in [0.15, 0.2) is 35.3 Å². The molecule has 0 radical (unpaired) electrons. The topological polar surface area (TPSA) is 58.1 Å². The fraction of sp³-hybridized carbons (Fsp3) is 0.720. The van der Waals surface area contributed by atoms with Gasteiger partial charge >= 0.3 is 0 Å². The molecule has 1 aromatic rings. The molecule has 2 N–H and O–H groups in total. The Labute approximate surface area is 210 Å². The van der Waals surface area contributed by atoms with E-state index in [1.54, 1.807) is 0 Å². The van der Waals surface area contributed by atoms with Gasteiger partial charge in [0, 0.05) is 56.9 Å². The molecule has 3 atom stereocenters. The number of hydrogen-bond donors (Lipinski definition) is 2. The number of hydrogen-bond acceptors (Lipinski definition) is 4. The monoisotopic (exact) mass is 556 g/mol. The lowest BCUT2D eigenvalue weighted by Gasteiger charge is -2.39. The molecule has 0 spiro atoms. The van der Waals surface area contributed by atoms with Gasteiger partial charge in [-0.3, -0.25) is 9.89 Å². The number of aliphatic imine (C=N–C) groups is 1. The van der Waals surface area contributed by atoms with Crippen LogP contribution in [-0.4, -0.2) is 68.5 Å². The van der Waals surface area contributed by atoms with Crippen molar-refractivity contribution in [2.75, 3.05) is 39.5 Å². The van der Waals surface area contributed by atoms with Crippen LogP contribution in [0.25, 0.3) is 0 Å². The normalized spacial score (nSPS) is 27.8. The van der Waals surface area contributed by atoms with Gasteiger partial charge in [-0.2, -0.15) is 0 Å². The molecule has 4 rings (SSSR count). The number of rotatable bonds is 10. The highest BCUT2D eigenvalue weighted by atomic mass is 127. The fourth-order valence-corrected chi connectivity index (χ4v) is 5.28. The number of guanidine groups is 1. The SMILES string of the molecule is CCNC(=NCCCOCC1CCOC1)NC1CC2CCC(C1)N2Cc1ccccc1.I. The van der Waals surface area contributed by atoms with Crippen molar-refractivity contribution in [3.63, 3.8) is 0 Å². The summed E-state index contributed by atoms with van der Waals surface area (Å²) in [4.78, 5) is 7.55. The van der Waals surface area contributed by atoms with Crippen LogP contribution in [-0.2, 0) is 16.0 Å². The molecule has 3 aliphatic heterocycles. The van der Waals surface area contributed by atoms with Crippen LogP contribution in [0.4, 0.5) is 0 Å². The van der Waals surface area contributed by atoms with Gasteiger partial charge in [0.05, 0.1) is 13.2 Å². The third-order valence-electron chi connectivity index (χ3n) is 6.87. The summed E-state index contributed by atoms with van der Waals surface area (Å²) in [5.74, 6) is 1.55. The molecule has 6 nitrogen and oxygen atoms in total. The second-order valence-electron chi connectivity index (χ2n) is 9.27. The first kappa shape index (κ1) is 25.7. The summed E-state index contributed by atoms with van der Waals surface area (Å²) in [5.41, 5.74) is 1.43. The molecule has 3 saturated heterocycles. The molecular weight excluding hydrogens is 515 g/mol. The van der Waals surface area contributed by atoms with E-state index >= 15 is 0 Å². The Hall–Kier alpha value is -0.900. The Kier molecular flexibility index (Phi) is 11.0. The minimum atomic E-state index is 0. The second-order valence-corrected chi connectivity index (χ2v) is 9.27. The van der Waals surface area contributed by atoms with Gasteiger partial charge in [-0.1, -0.05) is 30.3 Å². The lowest BCUT2D eigenvalue weighted by Crippen LogP contribution is -2.52. The lowest BCUT2D eigenvalue weighted by atomic mass is 9.96. The van der Waals surface area contributed by atoms with Crippen molar-refractivity contribution >= 4 is 29.9 Å². The maximum atomic E-state index is 5.81. The van der Waals surface area contributed by atoms with E-state index in [4.69, 9.17) is 14.5 Å². The van der Waals surface area contributed by atoms with E-state index in [1.807, 2.05) is 0 Å². The summed E-state index contributed by atoms with van der Waals surface area (Å²) < 4.78 is 11.2. The lowest BCUT2D eigenvalue weighted by molar-refractivity contribution is 0.0893. The number of halogens is 1. The summed E-state index contributed by atoms with van der Waals surface area (Å²) in [5, 5.41) is 7.17. The van der Waals surface area contributed by atoms with E-state index in [9.17, 15) is 0 Å². The molecule has 1 aromatic carbocycles. The Morgan fingerprint density at radius 2 is 1.94 bits per heavy atom. The highest BCUT2D eigenvalue weighted by molar-refractivity contribution is 14.0. The van der Waals surface area contributed by atoms with E-state index in [2.05, 4.69) is 52.8 Å². The van der Waals surface area contributed by atoms with Gasteiger partial charge in [0.25, 0.3) is 0 Å². The van der Waals surface area contributed by atoms with Crippen molar-refractivity contribution in [1.82, 2.24) is 15.5 Å². The van der Waals surface area contributed by atoms with Crippen molar-refractivity contribution < 1.29 is 9.47 Å². The predicted molar refractivity (Wildman–Crippen MR) is 141 cm³/mol. The Balaban J connectivity index is 0.00000289. The molecule has 3 heterocycles. The minimum Gasteiger partial charge on any atom is -0.381 e. The Morgan fingerprint density at radius 3 is 2.62 bits per heavy atom. The molecule has 0 amide bonds. The molecule has 3 aliphatic rings. The van der Waals surface area contributed by atoms with Crippen LogP contribution in [0.5, 0.6) is 0 Å². The van der Waals surface area contributed by atoms with Gasteiger partial charge in [0.15, 0.2) is 5.96 Å². The molecule has 0 saturated carbocycles. The first-order valence-electron chi connectivity index (χ1n) is 12.3. The van der Waals surface area contributed by atoms with Gasteiger partial charge in [-0.15, -0.1) is 24.0 Å². The van der Waals surface area contributed by atoms with Gasteiger partial charge < -0.3 is 20.1 Å². The maximum Gasteiger partial charge on any atom is 0.191 e. The highest BCUT2D eigenvalue weighted by Crippen LogP contribution is 2.36. The van der Waals surface area contributed by atoms with Gasteiger partial charge in [-0.25, -0.2) is 0 Å². The highest BCUT2D eigenvalue weighted by Gasteiger charge is 2.40. The van der Waals surface area contributed by atoms with Crippen molar-refractivity contribution in [1.29, 1.82) is 0 Å². The Morgan fingerprint density at radius 1 is 1.16 bits per heavy atom. The van der Waals surface area contributed by atoms with Crippen LogP contribution in [0.2, 0.25) is 0 Å².